The summed E-state index contributed by atoms with van der Waals surface area (Å²) in [5, 5.41) is 2.07. The zero-order valence-electron chi connectivity index (χ0n) is 25.8. The Morgan fingerprint density at radius 3 is 2.10 bits per heavy atom. The van der Waals surface area contributed by atoms with Gasteiger partial charge in [0, 0.05) is 31.9 Å². The van der Waals surface area contributed by atoms with Crippen molar-refractivity contribution in [2.45, 2.75) is 6.54 Å². The minimum Gasteiger partial charge on any atom is -0.456 e. The second-order valence-corrected chi connectivity index (χ2v) is 12.8. The molecule has 0 radical (unpaired) electrons. The van der Waals surface area contributed by atoms with Crippen LogP contribution in [0.15, 0.2) is 167 Å². The first-order chi connectivity index (χ1) is 23.7. The molecule has 0 saturated heterocycles. The van der Waals surface area contributed by atoms with Gasteiger partial charge in [0.25, 0.3) is 0 Å². The second-order valence-electron chi connectivity index (χ2n) is 12.0. The molecule has 0 saturated carbocycles. The van der Waals surface area contributed by atoms with Crippen molar-refractivity contribution >= 4 is 48.9 Å². The average Bonchev–Trinajstić information content (AvgIpc) is 3.71. The lowest BCUT2D eigenvalue weighted by atomic mass is 9.97. The summed E-state index contributed by atoms with van der Waals surface area (Å²) in [6.07, 6.45) is 0. The van der Waals surface area contributed by atoms with Crippen molar-refractivity contribution in [2.24, 2.45) is 0 Å². The minimum absolute atomic E-state index is 0.686. The van der Waals surface area contributed by atoms with Gasteiger partial charge in [0.15, 0.2) is 0 Å². The monoisotopic (exact) mass is 681 g/mol. The first kappa shape index (κ1) is 28.4. The molecule has 3 aromatic heterocycles. The molecule has 0 N–H and O–H groups in total. The molecule has 0 aliphatic heterocycles. The normalized spacial score (nSPS) is 11.5. The van der Waals surface area contributed by atoms with Crippen molar-refractivity contribution in [3.05, 3.63) is 168 Å². The number of aromatic nitrogens is 3. The molecule has 9 rings (SSSR count). The van der Waals surface area contributed by atoms with Crippen LogP contribution in [0.3, 0.4) is 0 Å². The SMILES string of the molecule is Brc1ccccc1Cn1c(-c2ccc3oc4cccc(-c5cc(-c6ccccc6)cc(-c6ccccc6)n5)c4c3c2)nc2ccccc21. The number of imidazole rings is 1. The molecule has 0 amide bonds. The molecule has 0 aliphatic carbocycles. The van der Waals surface area contributed by atoms with Crippen molar-refractivity contribution in [1.29, 1.82) is 0 Å². The molecule has 3 heterocycles. The van der Waals surface area contributed by atoms with Gasteiger partial charge in [-0.1, -0.05) is 119 Å². The van der Waals surface area contributed by atoms with Crippen LogP contribution in [0, 0.1) is 0 Å². The lowest BCUT2D eigenvalue weighted by Gasteiger charge is -2.12. The number of hydrogen-bond acceptors (Lipinski definition) is 3. The van der Waals surface area contributed by atoms with Crippen LogP contribution in [0.4, 0.5) is 0 Å². The lowest BCUT2D eigenvalue weighted by Crippen LogP contribution is -2.03. The fraction of sp³-hybridized carbons (Fsp3) is 0.0233. The quantitative estimate of drug-likeness (QED) is 0.175. The van der Waals surface area contributed by atoms with E-state index in [0.717, 1.165) is 82.5 Å². The number of furan rings is 1. The largest absolute Gasteiger partial charge is 0.456 e. The van der Waals surface area contributed by atoms with Crippen molar-refractivity contribution < 1.29 is 4.42 Å². The van der Waals surface area contributed by atoms with E-state index in [-0.39, 0.29) is 0 Å². The summed E-state index contributed by atoms with van der Waals surface area (Å²) < 4.78 is 9.86. The number of pyridine rings is 1. The van der Waals surface area contributed by atoms with E-state index in [0.29, 0.717) is 6.54 Å². The van der Waals surface area contributed by atoms with E-state index in [2.05, 4.69) is 148 Å². The van der Waals surface area contributed by atoms with Crippen LogP contribution in [0.5, 0.6) is 0 Å². The summed E-state index contributed by atoms with van der Waals surface area (Å²) in [7, 11) is 0. The molecule has 9 aromatic rings. The third kappa shape index (κ3) is 5.00. The van der Waals surface area contributed by atoms with E-state index in [9.17, 15) is 0 Å². The molecule has 0 fully saturated rings. The lowest BCUT2D eigenvalue weighted by molar-refractivity contribution is 0.669. The Bertz CT molecular complexity index is 2550. The number of benzene rings is 6. The predicted octanol–water partition coefficient (Wildman–Crippen LogP) is 11.8. The fourth-order valence-electron chi connectivity index (χ4n) is 6.65. The van der Waals surface area contributed by atoms with Gasteiger partial charge >= 0.3 is 0 Å². The summed E-state index contributed by atoms with van der Waals surface area (Å²) >= 11 is 3.76. The zero-order valence-corrected chi connectivity index (χ0v) is 27.4. The molecule has 0 bridgehead atoms. The van der Waals surface area contributed by atoms with Crippen LogP contribution in [0.1, 0.15) is 5.56 Å². The van der Waals surface area contributed by atoms with Gasteiger partial charge in [-0.25, -0.2) is 9.97 Å². The molecule has 48 heavy (non-hydrogen) atoms. The first-order valence-corrected chi connectivity index (χ1v) is 16.8. The summed E-state index contributed by atoms with van der Waals surface area (Å²) in [6.45, 7) is 0.686. The summed E-state index contributed by atoms with van der Waals surface area (Å²) in [6, 6.07) is 54.6. The Balaban J connectivity index is 1.25. The van der Waals surface area contributed by atoms with Gasteiger partial charge in [0.05, 0.1) is 29.0 Å². The Labute approximate surface area is 286 Å². The van der Waals surface area contributed by atoms with Crippen molar-refractivity contribution in [2.75, 3.05) is 0 Å². The molecule has 6 aromatic carbocycles. The van der Waals surface area contributed by atoms with E-state index in [4.69, 9.17) is 14.4 Å². The molecular weight excluding hydrogens is 654 g/mol. The van der Waals surface area contributed by atoms with Gasteiger partial charge in [0.1, 0.15) is 17.0 Å². The van der Waals surface area contributed by atoms with E-state index in [1.54, 1.807) is 0 Å². The maximum absolute atomic E-state index is 6.47. The van der Waals surface area contributed by atoms with Crippen LogP contribution in [0.2, 0.25) is 0 Å². The van der Waals surface area contributed by atoms with Crippen LogP contribution in [-0.2, 0) is 6.54 Å². The third-order valence-electron chi connectivity index (χ3n) is 8.97. The van der Waals surface area contributed by atoms with Gasteiger partial charge in [-0.05, 0) is 71.3 Å². The minimum atomic E-state index is 0.686. The Hall–Kier alpha value is -5.78. The maximum atomic E-state index is 6.47. The number of hydrogen-bond donors (Lipinski definition) is 0. The van der Waals surface area contributed by atoms with Crippen LogP contribution < -0.4 is 0 Å². The number of para-hydroxylation sites is 2. The molecule has 228 valence electrons. The van der Waals surface area contributed by atoms with Gasteiger partial charge in [-0.3, -0.25) is 0 Å². The summed E-state index contributed by atoms with van der Waals surface area (Å²) in [4.78, 5) is 10.4. The number of rotatable bonds is 6. The molecule has 0 aliphatic rings. The molecule has 0 atom stereocenters. The molecule has 0 spiro atoms. The standard InChI is InChI=1S/C43H28BrN3O/c44-35-18-8-7-16-31(35)27-47-39-20-10-9-19-36(39)46-43(47)30-22-23-40-34(24-30)42-33(17-11-21-41(42)48-40)38-26-32(28-12-3-1-4-13-28)25-37(45-38)29-14-5-2-6-15-29/h1-26H,27H2. The summed E-state index contributed by atoms with van der Waals surface area (Å²) in [5.74, 6) is 0.913. The first-order valence-electron chi connectivity index (χ1n) is 16.0. The molecule has 0 unspecified atom stereocenters. The summed E-state index contributed by atoms with van der Waals surface area (Å²) in [5.41, 5.74) is 12.1. The van der Waals surface area contributed by atoms with E-state index in [1.165, 1.54) is 5.56 Å². The van der Waals surface area contributed by atoms with Gasteiger partial charge in [0.2, 0.25) is 0 Å². The molecular formula is C43H28BrN3O. The van der Waals surface area contributed by atoms with Gasteiger partial charge in [-0.15, -0.1) is 0 Å². The van der Waals surface area contributed by atoms with Crippen LogP contribution >= 0.6 is 15.9 Å². The second kappa shape index (κ2) is 11.8. The third-order valence-corrected chi connectivity index (χ3v) is 9.75. The topological polar surface area (TPSA) is 43.9 Å². The number of nitrogens with zero attached hydrogens (tertiary/aromatic N) is 3. The number of fused-ring (bicyclic) bond motifs is 4. The predicted molar refractivity (Wildman–Crippen MR) is 200 cm³/mol. The highest BCUT2D eigenvalue weighted by Crippen LogP contribution is 2.40. The van der Waals surface area contributed by atoms with Gasteiger partial charge in [-0.2, -0.15) is 0 Å². The fourth-order valence-corrected chi connectivity index (χ4v) is 7.07. The molecule has 4 nitrogen and oxygen atoms in total. The zero-order chi connectivity index (χ0) is 32.0. The van der Waals surface area contributed by atoms with Crippen molar-refractivity contribution in [3.63, 3.8) is 0 Å². The number of halogens is 1. The van der Waals surface area contributed by atoms with E-state index in [1.807, 2.05) is 30.3 Å². The average molecular weight is 683 g/mol. The van der Waals surface area contributed by atoms with Crippen molar-refractivity contribution in [3.8, 4) is 45.0 Å². The van der Waals surface area contributed by atoms with Crippen LogP contribution in [-0.4, -0.2) is 14.5 Å². The maximum Gasteiger partial charge on any atom is 0.141 e. The van der Waals surface area contributed by atoms with Gasteiger partial charge < -0.3 is 8.98 Å². The Morgan fingerprint density at radius 1 is 0.542 bits per heavy atom. The smallest absolute Gasteiger partial charge is 0.141 e. The van der Waals surface area contributed by atoms with E-state index < -0.39 is 0 Å². The van der Waals surface area contributed by atoms with Crippen LogP contribution in [0.25, 0.3) is 78.0 Å². The Kier molecular flexibility index (Phi) is 6.98. The van der Waals surface area contributed by atoms with Crippen molar-refractivity contribution in [1.82, 2.24) is 14.5 Å². The highest BCUT2D eigenvalue weighted by atomic mass is 79.9. The highest BCUT2D eigenvalue weighted by Gasteiger charge is 2.19. The molecule has 5 heteroatoms. The Morgan fingerprint density at radius 2 is 1.27 bits per heavy atom. The van der Waals surface area contributed by atoms with E-state index >= 15 is 0 Å². The highest BCUT2D eigenvalue weighted by molar-refractivity contribution is 9.10.